The van der Waals surface area contributed by atoms with Gasteiger partial charge in [0.05, 0.1) is 21.8 Å². The molecule has 0 saturated heterocycles. The molecule has 8 nitrogen and oxygen atoms in total. The van der Waals surface area contributed by atoms with Crippen molar-refractivity contribution in [2.75, 3.05) is 18.8 Å². The van der Waals surface area contributed by atoms with Gasteiger partial charge in [-0.25, -0.2) is 18.4 Å². The van der Waals surface area contributed by atoms with E-state index in [2.05, 4.69) is 15.0 Å². The van der Waals surface area contributed by atoms with Crippen LogP contribution in [0.25, 0.3) is 22.7 Å². The van der Waals surface area contributed by atoms with E-state index in [1.807, 2.05) is 0 Å². The first kappa shape index (κ1) is 23.6. The Labute approximate surface area is 183 Å². The van der Waals surface area contributed by atoms with Gasteiger partial charge in [-0.3, -0.25) is 9.78 Å². The van der Waals surface area contributed by atoms with E-state index in [-0.39, 0.29) is 44.8 Å². The number of carbonyl (C=O) groups excluding carboxylic acids is 1. The van der Waals surface area contributed by atoms with Gasteiger partial charge < -0.3 is 9.47 Å². The van der Waals surface area contributed by atoms with Crippen molar-refractivity contribution in [1.82, 2.24) is 24.4 Å². The second kappa shape index (κ2) is 8.49. The van der Waals surface area contributed by atoms with E-state index >= 15 is 0 Å². The number of fused-ring (bicyclic) bond motifs is 1. The fourth-order valence-electron chi connectivity index (χ4n) is 3.26. The van der Waals surface area contributed by atoms with Gasteiger partial charge in [0, 0.05) is 32.5 Å². The number of nitrogens with zero attached hydrogens (tertiary/aromatic N) is 5. The Kier molecular flexibility index (Phi) is 6.27. The maximum atomic E-state index is 13.1. The number of aryl methyl sites for hydroxylation is 1. The van der Waals surface area contributed by atoms with Gasteiger partial charge in [-0.15, -0.1) is 0 Å². The SMILES string of the molecule is CCN(CC)C(=O)c1cnc(-c2nc3cc(C(F)(F)F)cnc3n2C)c(S(=O)(=O)CC)c1. The number of hydrogen-bond donors (Lipinski definition) is 0. The minimum absolute atomic E-state index is 0.0284. The van der Waals surface area contributed by atoms with Crippen molar-refractivity contribution < 1.29 is 26.4 Å². The van der Waals surface area contributed by atoms with Gasteiger partial charge in [0.1, 0.15) is 11.2 Å². The molecule has 0 aromatic carbocycles. The number of amides is 1. The second-order valence-corrected chi connectivity index (χ2v) is 9.26. The fourth-order valence-corrected chi connectivity index (χ4v) is 4.31. The number of alkyl halides is 3. The van der Waals surface area contributed by atoms with Crippen LogP contribution in [0.15, 0.2) is 29.4 Å². The van der Waals surface area contributed by atoms with Crippen molar-refractivity contribution in [3.8, 4) is 11.5 Å². The standard InChI is InChI=1S/C20H22F3N5O3S/c1-5-28(6-2)19(29)12-8-15(32(30,31)7-3)16(24-10-12)18-26-14-9-13(20(21,22)23)11-25-17(14)27(18)4/h8-11H,5-7H2,1-4H3. The second-order valence-electron chi connectivity index (χ2n) is 7.01. The Morgan fingerprint density at radius 3 is 2.31 bits per heavy atom. The van der Waals surface area contributed by atoms with Gasteiger partial charge in [-0.2, -0.15) is 13.2 Å². The molecule has 0 fully saturated rings. The lowest BCUT2D eigenvalue weighted by molar-refractivity contribution is -0.137. The average Bonchev–Trinajstić information content (AvgIpc) is 3.09. The molecule has 3 aromatic rings. The Bertz CT molecular complexity index is 1280. The Morgan fingerprint density at radius 1 is 1.09 bits per heavy atom. The molecule has 0 N–H and O–H groups in total. The zero-order chi connectivity index (χ0) is 23.8. The maximum absolute atomic E-state index is 13.1. The van der Waals surface area contributed by atoms with Crippen LogP contribution >= 0.6 is 0 Å². The van der Waals surface area contributed by atoms with Crippen LogP contribution in [0.2, 0.25) is 0 Å². The summed E-state index contributed by atoms with van der Waals surface area (Å²) in [5.74, 6) is -0.603. The van der Waals surface area contributed by atoms with Crippen LogP contribution < -0.4 is 0 Å². The summed E-state index contributed by atoms with van der Waals surface area (Å²) in [6.07, 6.45) is -2.66. The number of aromatic nitrogens is 4. The van der Waals surface area contributed by atoms with Gasteiger partial charge in [0.2, 0.25) is 0 Å². The number of pyridine rings is 2. The zero-order valence-electron chi connectivity index (χ0n) is 17.9. The van der Waals surface area contributed by atoms with E-state index in [1.54, 1.807) is 13.8 Å². The van der Waals surface area contributed by atoms with Gasteiger partial charge in [0.15, 0.2) is 21.3 Å². The molecule has 32 heavy (non-hydrogen) atoms. The molecule has 3 aromatic heterocycles. The molecule has 0 atom stereocenters. The Balaban J connectivity index is 2.24. The van der Waals surface area contributed by atoms with Crippen molar-refractivity contribution >= 4 is 26.9 Å². The van der Waals surface area contributed by atoms with Crippen LogP contribution in [0.4, 0.5) is 13.2 Å². The van der Waals surface area contributed by atoms with E-state index in [9.17, 15) is 26.4 Å². The molecule has 0 aliphatic rings. The number of imidazole rings is 1. The van der Waals surface area contributed by atoms with E-state index in [4.69, 9.17) is 0 Å². The number of sulfone groups is 1. The van der Waals surface area contributed by atoms with Crippen LogP contribution in [0.5, 0.6) is 0 Å². The number of rotatable bonds is 6. The summed E-state index contributed by atoms with van der Waals surface area (Å²) in [4.78, 5) is 26.3. The highest BCUT2D eigenvalue weighted by Gasteiger charge is 2.32. The van der Waals surface area contributed by atoms with Crippen molar-refractivity contribution in [2.24, 2.45) is 7.05 Å². The number of halogens is 3. The lowest BCUT2D eigenvalue weighted by Gasteiger charge is -2.19. The smallest absolute Gasteiger partial charge is 0.339 e. The van der Waals surface area contributed by atoms with Gasteiger partial charge in [0.25, 0.3) is 5.91 Å². The molecule has 12 heteroatoms. The average molecular weight is 469 g/mol. The molecule has 0 saturated carbocycles. The normalized spacial score (nSPS) is 12.3. The quantitative estimate of drug-likeness (QED) is 0.549. The van der Waals surface area contributed by atoms with Crippen molar-refractivity contribution in [1.29, 1.82) is 0 Å². The number of carbonyl (C=O) groups is 1. The molecule has 0 unspecified atom stereocenters. The van der Waals surface area contributed by atoms with Crippen molar-refractivity contribution in [2.45, 2.75) is 31.8 Å². The third-order valence-electron chi connectivity index (χ3n) is 5.11. The highest BCUT2D eigenvalue weighted by Crippen LogP contribution is 2.33. The summed E-state index contributed by atoms with van der Waals surface area (Å²) >= 11 is 0. The van der Waals surface area contributed by atoms with Crippen LogP contribution in [0, 0.1) is 0 Å². The lowest BCUT2D eigenvalue weighted by Crippen LogP contribution is -2.30. The highest BCUT2D eigenvalue weighted by molar-refractivity contribution is 7.91. The molecular weight excluding hydrogens is 447 g/mol. The van der Waals surface area contributed by atoms with Gasteiger partial charge in [-0.1, -0.05) is 6.92 Å². The predicted octanol–water partition coefficient (Wildman–Crippen LogP) is 3.32. The van der Waals surface area contributed by atoms with E-state index in [0.29, 0.717) is 19.3 Å². The molecule has 0 aliphatic heterocycles. The first-order valence-corrected chi connectivity index (χ1v) is 11.5. The molecule has 3 heterocycles. The van der Waals surface area contributed by atoms with E-state index < -0.39 is 21.6 Å². The molecule has 0 radical (unpaired) electrons. The Hall–Kier alpha value is -3.02. The largest absolute Gasteiger partial charge is 0.417 e. The van der Waals surface area contributed by atoms with Crippen molar-refractivity contribution in [3.63, 3.8) is 0 Å². The van der Waals surface area contributed by atoms with Crippen LogP contribution in [-0.2, 0) is 23.1 Å². The molecule has 0 spiro atoms. The van der Waals surface area contributed by atoms with E-state index in [0.717, 1.165) is 6.07 Å². The topological polar surface area (TPSA) is 98.1 Å². The molecule has 0 bridgehead atoms. The minimum atomic E-state index is -4.60. The van der Waals surface area contributed by atoms with Crippen molar-refractivity contribution in [3.05, 3.63) is 35.7 Å². The molecule has 172 valence electrons. The summed E-state index contributed by atoms with van der Waals surface area (Å²) in [5, 5.41) is 0. The lowest BCUT2D eigenvalue weighted by atomic mass is 10.2. The summed E-state index contributed by atoms with van der Waals surface area (Å²) in [6.45, 7) is 5.92. The van der Waals surface area contributed by atoms with E-state index in [1.165, 1.54) is 35.7 Å². The summed E-state index contributed by atoms with van der Waals surface area (Å²) in [7, 11) is -2.34. The first-order chi connectivity index (χ1) is 14.9. The molecule has 1 amide bonds. The first-order valence-electron chi connectivity index (χ1n) is 9.86. The monoisotopic (exact) mass is 469 g/mol. The minimum Gasteiger partial charge on any atom is -0.339 e. The summed E-state index contributed by atoms with van der Waals surface area (Å²) in [5.41, 5.74) is -0.845. The Morgan fingerprint density at radius 2 is 1.75 bits per heavy atom. The molecular formula is C20H22F3N5O3S. The fraction of sp³-hybridized carbons (Fsp3) is 0.400. The zero-order valence-corrected chi connectivity index (χ0v) is 18.8. The van der Waals surface area contributed by atoms with Crippen LogP contribution in [0.1, 0.15) is 36.7 Å². The third kappa shape index (κ3) is 4.18. The highest BCUT2D eigenvalue weighted by atomic mass is 32.2. The van der Waals surface area contributed by atoms with Crippen LogP contribution in [0.3, 0.4) is 0 Å². The number of hydrogen-bond acceptors (Lipinski definition) is 6. The maximum Gasteiger partial charge on any atom is 0.417 e. The summed E-state index contributed by atoms with van der Waals surface area (Å²) < 4.78 is 66.2. The molecule has 3 rings (SSSR count). The van der Waals surface area contributed by atoms with Gasteiger partial charge in [-0.05, 0) is 26.0 Å². The molecule has 0 aliphatic carbocycles. The third-order valence-corrected chi connectivity index (χ3v) is 6.85. The predicted molar refractivity (Wildman–Crippen MR) is 112 cm³/mol. The van der Waals surface area contributed by atoms with Crippen LogP contribution in [-0.4, -0.2) is 57.6 Å². The summed E-state index contributed by atoms with van der Waals surface area (Å²) in [6, 6.07) is 2.09. The van der Waals surface area contributed by atoms with Gasteiger partial charge >= 0.3 is 6.18 Å².